The van der Waals surface area contributed by atoms with Gasteiger partial charge in [-0.2, -0.15) is 13.2 Å². The molecule has 4 bridgehead atoms. The SMILES string of the molecule is O=C(CSc1nnc(NC(=O)C23CC4CC(CC(C4)C2)C3)s1)Nc1ccccc1C(F)(F)F. The molecule has 6 nitrogen and oxygen atoms in total. The first-order chi connectivity index (χ1) is 15.7. The minimum atomic E-state index is -4.56. The standard InChI is InChI=1S/C22H23F3N4O2S2/c23-22(24,25)15-3-1-2-4-16(15)26-17(30)11-32-20-29-28-19(33-20)27-18(31)21-8-12-5-13(9-21)7-14(6-12)10-21/h1-4,12-14H,5-11H2,(H,26,30)(H,27,28,31). The zero-order valence-corrected chi connectivity index (χ0v) is 19.3. The van der Waals surface area contributed by atoms with Crippen LogP contribution in [-0.4, -0.2) is 27.8 Å². The second-order valence-corrected chi connectivity index (χ2v) is 11.6. The number of anilines is 2. The van der Waals surface area contributed by atoms with Gasteiger partial charge in [-0.25, -0.2) is 0 Å². The summed E-state index contributed by atoms with van der Waals surface area (Å²) in [7, 11) is 0. The van der Waals surface area contributed by atoms with E-state index in [1.165, 1.54) is 48.8 Å². The molecule has 176 valence electrons. The molecule has 33 heavy (non-hydrogen) atoms. The lowest BCUT2D eigenvalue weighted by atomic mass is 9.49. The third-order valence-electron chi connectivity index (χ3n) is 6.98. The maximum Gasteiger partial charge on any atom is 0.418 e. The minimum absolute atomic E-state index is 0.0239. The number of amides is 2. The molecule has 0 unspecified atom stereocenters. The highest BCUT2D eigenvalue weighted by molar-refractivity contribution is 8.01. The Morgan fingerprint density at radius 2 is 1.67 bits per heavy atom. The van der Waals surface area contributed by atoms with Gasteiger partial charge in [-0.1, -0.05) is 35.2 Å². The van der Waals surface area contributed by atoms with Crippen LogP contribution in [0.4, 0.5) is 24.0 Å². The Bertz CT molecular complexity index is 1040. The Balaban J connectivity index is 1.16. The number of para-hydroxylation sites is 1. The van der Waals surface area contributed by atoms with Crippen LogP contribution in [-0.2, 0) is 15.8 Å². The molecule has 0 atom stereocenters. The van der Waals surface area contributed by atoms with E-state index in [1.54, 1.807) is 0 Å². The van der Waals surface area contributed by atoms with Crippen LogP contribution in [0.15, 0.2) is 28.6 Å². The molecule has 4 fully saturated rings. The predicted molar refractivity (Wildman–Crippen MR) is 120 cm³/mol. The molecular weight excluding hydrogens is 473 g/mol. The lowest BCUT2D eigenvalue weighted by Crippen LogP contribution is -2.51. The zero-order valence-electron chi connectivity index (χ0n) is 17.7. The fraction of sp³-hybridized carbons (Fsp3) is 0.545. The molecule has 4 aliphatic rings. The van der Waals surface area contributed by atoms with E-state index < -0.39 is 17.6 Å². The summed E-state index contributed by atoms with van der Waals surface area (Å²) < 4.78 is 39.7. The predicted octanol–water partition coefficient (Wildman–Crippen LogP) is 5.44. The van der Waals surface area contributed by atoms with E-state index in [-0.39, 0.29) is 22.8 Å². The molecular formula is C22H23F3N4O2S2. The van der Waals surface area contributed by atoms with Gasteiger partial charge < -0.3 is 10.6 Å². The summed E-state index contributed by atoms with van der Waals surface area (Å²) in [5.74, 6) is 1.29. The summed E-state index contributed by atoms with van der Waals surface area (Å²) in [4.78, 5) is 25.3. The topological polar surface area (TPSA) is 84.0 Å². The summed E-state index contributed by atoms with van der Waals surface area (Å²) in [6.45, 7) is 0. The van der Waals surface area contributed by atoms with E-state index in [2.05, 4.69) is 20.8 Å². The summed E-state index contributed by atoms with van der Waals surface area (Å²) in [5.41, 5.74) is -1.47. The molecule has 2 amide bonds. The summed E-state index contributed by atoms with van der Waals surface area (Å²) in [6.07, 6.45) is 2.05. The largest absolute Gasteiger partial charge is 0.418 e. The molecule has 0 aliphatic heterocycles. The number of carbonyl (C=O) groups excluding carboxylic acids is 2. The molecule has 0 saturated heterocycles. The average Bonchev–Trinajstić information content (AvgIpc) is 3.18. The number of carbonyl (C=O) groups is 2. The van der Waals surface area contributed by atoms with E-state index >= 15 is 0 Å². The van der Waals surface area contributed by atoms with E-state index in [4.69, 9.17) is 0 Å². The lowest BCUT2D eigenvalue weighted by Gasteiger charge is -2.55. The number of hydrogen-bond acceptors (Lipinski definition) is 6. The molecule has 1 heterocycles. The van der Waals surface area contributed by atoms with Gasteiger partial charge in [-0.05, 0) is 68.4 Å². The quantitative estimate of drug-likeness (QED) is 0.411. The molecule has 1 aromatic heterocycles. The van der Waals surface area contributed by atoms with Crippen molar-refractivity contribution in [1.29, 1.82) is 0 Å². The molecule has 0 radical (unpaired) electrons. The second-order valence-electron chi connectivity index (χ2n) is 9.41. The highest BCUT2D eigenvalue weighted by Gasteiger charge is 2.54. The van der Waals surface area contributed by atoms with Crippen LogP contribution in [0.3, 0.4) is 0 Å². The fourth-order valence-electron chi connectivity index (χ4n) is 6.09. The number of rotatable bonds is 6. The normalized spacial score (nSPS) is 28.0. The minimum Gasteiger partial charge on any atom is -0.325 e. The van der Waals surface area contributed by atoms with Gasteiger partial charge in [0.05, 0.1) is 22.4 Å². The molecule has 11 heteroatoms. The van der Waals surface area contributed by atoms with Crippen LogP contribution < -0.4 is 10.6 Å². The number of halogens is 3. The van der Waals surface area contributed by atoms with Gasteiger partial charge in [0.25, 0.3) is 0 Å². The Kier molecular flexibility index (Phi) is 5.88. The van der Waals surface area contributed by atoms with Gasteiger partial charge in [-0.3, -0.25) is 9.59 Å². The van der Waals surface area contributed by atoms with E-state index in [0.29, 0.717) is 27.2 Å². The molecule has 4 saturated carbocycles. The Morgan fingerprint density at radius 1 is 1.03 bits per heavy atom. The van der Waals surface area contributed by atoms with Crippen LogP contribution in [0.2, 0.25) is 0 Å². The number of thioether (sulfide) groups is 1. The molecule has 2 aromatic rings. The van der Waals surface area contributed by atoms with Crippen molar-refractivity contribution < 1.29 is 22.8 Å². The van der Waals surface area contributed by atoms with E-state index in [0.717, 1.165) is 37.1 Å². The Labute approximate surface area is 197 Å². The maximum absolute atomic E-state index is 13.1. The van der Waals surface area contributed by atoms with Crippen molar-refractivity contribution in [2.45, 2.75) is 49.0 Å². The first kappa shape index (κ1) is 22.6. The fourth-order valence-corrected chi connectivity index (χ4v) is 7.64. The molecule has 4 aliphatic carbocycles. The van der Waals surface area contributed by atoms with Gasteiger partial charge in [0.15, 0.2) is 4.34 Å². The molecule has 1 aromatic carbocycles. The lowest BCUT2D eigenvalue weighted by molar-refractivity contribution is -0.140. The Hall–Kier alpha value is -2.14. The number of nitrogens with one attached hydrogen (secondary N) is 2. The number of alkyl halides is 3. The smallest absolute Gasteiger partial charge is 0.325 e. The molecule has 6 rings (SSSR count). The van der Waals surface area contributed by atoms with Gasteiger partial charge in [0.2, 0.25) is 16.9 Å². The number of hydrogen-bond donors (Lipinski definition) is 2. The highest BCUT2D eigenvalue weighted by Crippen LogP contribution is 2.60. The van der Waals surface area contributed by atoms with Gasteiger partial charge in [0.1, 0.15) is 0 Å². The average molecular weight is 497 g/mol. The van der Waals surface area contributed by atoms with Crippen molar-refractivity contribution in [3.8, 4) is 0 Å². The van der Waals surface area contributed by atoms with Gasteiger partial charge in [-0.15, -0.1) is 10.2 Å². The van der Waals surface area contributed by atoms with E-state index in [1.807, 2.05) is 0 Å². The van der Waals surface area contributed by atoms with Crippen molar-refractivity contribution >= 4 is 45.7 Å². The highest BCUT2D eigenvalue weighted by atomic mass is 32.2. The second kappa shape index (κ2) is 8.57. The van der Waals surface area contributed by atoms with Crippen LogP contribution in [0, 0.1) is 23.2 Å². The third kappa shape index (κ3) is 4.75. The number of nitrogens with zero attached hydrogens (tertiary/aromatic N) is 2. The maximum atomic E-state index is 13.1. The van der Waals surface area contributed by atoms with Crippen LogP contribution in [0.5, 0.6) is 0 Å². The molecule has 0 spiro atoms. The monoisotopic (exact) mass is 496 g/mol. The summed E-state index contributed by atoms with van der Waals surface area (Å²) in [5, 5.41) is 13.7. The van der Waals surface area contributed by atoms with E-state index in [9.17, 15) is 22.8 Å². The first-order valence-electron chi connectivity index (χ1n) is 10.9. The number of benzene rings is 1. The Morgan fingerprint density at radius 3 is 2.30 bits per heavy atom. The summed E-state index contributed by atoms with van der Waals surface area (Å²) >= 11 is 2.24. The van der Waals surface area contributed by atoms with Crippen LogP contribution in [0.1, 0.15) is 44.1 Å². The van der Waals surface area contributed by atoms with Crippen LogP contribution >= 0.6 is 23.1 Å². The van der Waals surface area contributed by atoms with Crippen molar-refractivity contribution in [2.24, 2.45) is 23.2 Å². The van der Waals surface area contributed by atoms with Crippen LogP contribution in [0.25, 0.3) is 0 Å². The van der Waals surface area contributed by atoms with Crippen molar-refractivity contribution in [3.05, 3.63) is 29.8 Å². The van der Waals surface area contributed by atoms with Crippen molar-refractivity contribution in [1.82, 2.24) is 10.2 Å². The first-order valence-corrected chi connectivity index (χ1v) is 12.7. The summed E-state index contributed by atoms with van der Waals surface area (Å²) in [6, 6.07) is 4.84. The molecule has 2 N–H and O–H groups in total. The van der Waals surface area contributed by atoms with Gasteiger partial charge >= 0.3 is 6.18 Å². The third-order valence-corrected chi connectivity index (χ3v) is 8.95. The zero-order chi connectivity index (χ0) is 23.2. The van der Waals surface area contributed by atoms with Gasteiger partial charge in [0, 0.05) is 0 Å². The van der Waals surface area contributed by atoms with Crippen molar-refractivity contribution in [3.63, 3.8) is 0 Å². The van der Waals surface area contributed by atoms with Crippen molar-refractivity contribution in [2.75, 3.05) is 16.4 Å². The number of aromatic nitrogens is 2.